The van der Waals surface area contributed by atoms with Crippen LogP contribution in [0.2, 0.25) is 0 Å². The lowest BCUT2D eigenvalue weighted by Gasteiger charge is -1.84. The normalized spacial score (nSPS) is 9.91. The average Bonchev–Trinajstić information content (AvgIpc) is 2.34. The van der Waals surface area contributed by atoms with Crippen molar-refractivity contribution in [2.45, 2.75) is 11.6 Å². The molecular weight excluding hydrogens is 166 g/mol. The van der Waals surface area contributed by atoms with Crippen molar-refractivity contribution in [3.05, 3.63) is 12.2 Å². The first-order valence-corrected chi connectivity index (χ1v) is 3.66. The number of nitrogens with zero attached hydrogens (tertiary/aromatic N) is 1. The van der Waals surface area contributed by atoms with Gasteiger partial charge < -0.3 is 15.9 Å². The standard InChI is InChI=1S/C5H7N3O2S/c6-1-3-8-4(2-10-3)11-5(7)9/h2H,1,6H2,(H2,7,9). The molecule has 0 saturated carbocycles. The molecule has 0 aromatic carbocycles. The number of aromatic nitrogens is 1. The molecule has 11 heavy (non-hydrogen) atoms. The van der Waals surface area contributed by atoms with Crippen LogP contribution in [0.4, 0.5) is 4.79 Å². The number of thioether (sulfide) groups is 1. The van der Waals surface area contributed by atoms with Gasteiger partial charge >= 0.3 is 0 Å². The van der Waals surface area contributed by atoms with Crippen LogP contribution in [0.25, 0.3) is 0 Å². The molecule has 0 aliphatic carbocycles. The Kier molecular flexibility index (Phi) is 2.50. The number of primary amides is 1. The van der Waals surface area contributed by atoms with Crippen LogP contribution in [0.1, 0.15) is 5.89 Å². The summed E-state index contributed by atoms with van der Waals surface area (Å²) in [6.07, 6.45) is 1.34. The van der Waals surface area contributed by atoms with E-state index >= 15 is 0 Å². The number of amides is 1. The van der Waals surface area contributed by atoms with Gasteiger partial charge in [0, 0.05) is 0 Å². The second-order valence-corrected chi connectivity index (χ2v) is 2.73. The summed E-state index contributed by atoms with van der Waals surface area (Å²) in [5.74, 6) is 0.397. The quantitative estimate of drug-likeness (QED) is 0.627. The molecule has 1 amide bonds. The van der Waals surface area contributed by atoms with Crippen molar-refractivity contribution in [3.63, 3.8) is 0 Å². The number of nitrogens with two attached hydrogens (primary N) is 2. The maximum Gasteiger partial charge on any atom is 0.282 e. The number of hydrogen-bond acceptors (Lipinski definition) is 5. The number of rotatable bonds is 2. The molecule has 1 heterocycles. The average molecular weight is 173 g/mol. The number of oxazole rings is 1. The molecule has 5 nitrogen and oxygen atoms in total. The Morgan fingerprint density at radius 1 is 1.82 bits per heavy atom. The maximum atomic E-state index is 10.3. The van der Waals surface area contributed by atoms with Gasteiger partial charge in [-0.25, -0.2) is 4.98 Å². The fourth-order valence-corrected chi connectivity index (χ4v) is 0.988. The van der Waals surface area contributed by atoms with E-state index in [0.29, 0.717) is 10.9 Å². The molecule has 0 saturated heterocycles. The van der Waals surface area contributed by atoms with Crippen molar-refractivity contribution >= 4 is 17.0 Å². The summed E-state index contributed by atoms with van der Waals surface area (Å²) in [6, 6.07) is 0. The van der Waals surface area contributed by atoms with Gasteiger partial charge in [-0.3, -0.25) is 4.79 Å². The van der Waals surface area contributed by atoms with Crippen molar-refractivity contribution in [3.8, 4) is 0 Å². The maximum absolute atomic E-state index is 10.3. The van der Waals surface area contributed by atoms with E-state index in [-0.39, 0.29) is 6.54 Å². The summed E-state index contributed by atoms with van der Waals surface area (Å²) < 4.78 is 4.85. The Morgan fingerprint density at radius 3 is 3.00 bits per heavy atom. The van der Waals surface area contributed by atoms with Crippen molar-refractivity contribution < 1.29 is 9.21 Å². The Balaban J connectivity index is 2.65. The predicted octanol–water partition coefficient (Wildman–Crippen LogP) is 0.304. The van der Waals surface area contributed by atoms with E-state index < -0.39 is 5.24 Å². The zero-order chi connectivity index (χ0) is 8.27. The molecule has 1 rings (SSSR count). The van der Waals surface area contributed by atoms with Gasteiger partial charge in [0.1, 0.15) is 11.3 Å². The van der Waals surface area contributed by atoms with E-state index in [0.717, 1.165) is 11.8 Å². The van der Waals surface area contributed by atoms with Crippen molar-refractivity contribution in [2.75, 3.05) is 0 Å². The van der Waals surface area contributed by atoms with Crippen LogP contribution in [0.3, 0.4) is 0 Å². The first kappa shape index (κ1) is 8.09. The molecule has 1 aromatic rings. The van der Waals surface area contributed by atoms with Crippen molar-refractivity contribution in [1.29, 1.82) is 0 Å². The second-order valence-electron chi connectivity index (χ2n) is 1.70. The summed E-state index contributed by atoms with van der Waals surface area (Å²) in [6.45, 7) is 0.222. The van der Waals surface area contributed by atoms with Crippen LogP contribution in [-0.4, -0.2) is 10.2 Å². The van der Waals surface area contributed by atoms with Crippen LogP contribution in [-0.2, 0) is 6.54 Å². The highest BCUT2D eigenvalue weighted by molar-refractivity contribution is 8.13. The molecule has 0 aliphatic heterocycles. The van der Waals surface area contributed by atoms with E-state index in [4.69, 9.17) is 15.9 Å². The Bertz CT molecular complexity index is 260. The van der Waals surface area contributed by atoms with Crippen molar-refractivity contribution in [2.24, 2.45) is 11.5 Å². The molecule has 4 N–H and O–H groups in total. The summed E-state index contributed by atoms with van der Waals surface area (Å²) in [4.78, 5) is 14.2. The lowest BCUT2D eigenvalue weighted by atomic mass is 10.7. The highest BCUT2D eigenvalue weighted by Crippen LogP contribution is 2.15. The molecule has 0 bridgehead atoms. The molecule has 60 valence electrons. The van der Waals surface area contributed by atoms with E-state index in [9.17, 15) is 4.79 Å². The van der Waals surface area contributed by atoms with Gasteiger partial charge in [-0.05, 0) is 11.8 Å². The number of hydrogen-bond donors (Lipinski definition) is 2. The zero-order valence-electron chi connectivity index (χ0n) is 5.61. The molecule has 0 radical (unpaired) electrons. The van der Waals surface area contributed by atoms with Crippen LogP contribution < -0.4 is 11.5 Å². The Morgan fingerprint density at radius 2 is 2.55 bits per heavy atom. The van der Waals surface area contributed by atoms with Gasteiger partial charge in [0.05, 0.1) is 6.54 Å². The molecule has 0 aliphatic rings. The smallest absolute Gasteiger partial charge is 0.282 e. The molecule has 0 fully saturated rings. The minimum absolute atomic E-state index is 0.222. The third-order valence-electron chi connectivity index (χ3n) is 0.910. The third-order valence-corrected chi connectivity index (χ3v) is 1.51. The highest BCUT2D eigenvalue weighted by atomic mass is 32.2. The lowest BCUT2D eigenvalue weighted by molar-refractivity contribution is 0.267. The Hall–Kier alpha value is -1.01. The molecule has 6 heteroatoms. The van der Waals surface area contributed by atoms with E-state index in [1.807, 2.05) is 0 Å². The molecule has 0 atom stereocenters. The summed E-state index contributed by atoms with van der Waals surface area (Å²) in [5.41, 5.74) is 10.1. The van der Waals surface area contributed by atoms with Gasteiger partial charge in [0.25, 0.3) is 5.24 Å². The van der Waals surface area contributed by atoms with Gasteiger partial charge in [-0.2, -0.15) is 0 Å². The fourth-order valence-electron chi connectivity index (χ4n) is 0.538. The number of carbonyl (C=O) groups is 1. The van der Waals surface area contributed by atoms with Gasteiger partial charge in [-0.15, -0.1) is 0 Å². The first-order valence-electron chi connectivity index (χ1n) is 2.84. The van der Waals surface area contributed by atoms with E-state index in [2.05, 4.69) is 4.98 Å². The van der Waals surface area contributed by atoms with E-state index in [1.54, 1.807) is 0 Å². The van der Waals surface area contributed by atoms with Crippen LogP contribution in [0.15, 0.2) is 15.7 Å². The Labute approximate surface area is 67.1 Å². The first-order chi connectivity index (χ1) is 5.22. The van der Waals surface area contributed by atoms with Gasteiger partial charge in [0.15, 0.2) is 0 Å². The van der Waals surface area contributed by atoms with Gasteiger partial charge in [0.2, 0.25) is 5.89 Å². The highest BCUT2D eigenvalue weighted by Gasteiger charge is 2.04. The largest absolute Gasteiger partial charge is 0.446 e. The summed E-state index contributed by atoms with van der Waals surface area (Å²) >= 11 is 0.813. The van der Waals surface area contributed by atoms with Crippen molar-refractivity contribution in [1.82, 2.24) is 4.98 Å². The van der Waals surface area contributed by atoms with Crippen LogP contribution in [0, 0.1) is 0 Å². The van der Waals surface area contributed by atoms with E-state index in [1.165, 1.54) is 6.26 Å². The minimum Gasteiger partial charge on any atom is -0.446 e. The molecule has 1 aromatic heterocycles. The lowest BCUT2D eigenvalue weighted by Crippen LogP contribution is -2.01. The topological polar surface area (TPSA) is 95.1 Å². The molecule has 0 spiro atoms. The molecule has 0 unspecified atom stereocenters. The van der Waals surface area contributed by atoms with Crippen LogP contribution in [0.5, 0.6) is 0 Å². The summed E-state index contributed by atoms with van der Waals surface area (Å²) in [5, 5.41) is -0.0696. The summed E-state index contributed by atoms with van der Waals surface area (Å²) in [7, 11) is 0. The number of carbonyl (C=O) groups excluding carboxylic acids is 1. The fraction of sp³-hybridized carbons (Fsp3) is 0.200. The second kappa shape index (κ2) is 3.40. The predicted molar refractivity (Wildman–Crippen MR) is 39.8 cm³/mol. The van der Waals surface area contributed by atoms with Gasteiger partial charge in [-0.1, -0.05) is 0 Å². The zero-order valence-corrected chi connectivity index (χ0v) is 6.43. The monoisotopic (exact) mass is 173 g/mol. The minimum atomic E-state index is -0.512. The SMILES string of the molecule is NCc1nc(SC(N)=O)co1. The third kappa shape index (κ3) is 2.24. The van der Waals surface area contributed by atoms with Crippen LogP contribution >= 0.6 is 11.8 Å². The molecular formula is C5H7N3O2S.